The summed E-state index contributed by atoms with van der Waals surface area (Å²) in [6.07, 6.45) is 8.52. The second kappa shape index (κ2) is 7.87. The van der Waals surface area contributed by atoms with Gasteiger partial charge in [0.2, 0.25) is 0 Å². The molecule has 2 aliphatic rings. The number of amides is 2. The third kappa shape index (κ3) is 4.62. The van der Waals surface area contributed by atoms with Crippen LogP contribution in [0.4, 0.5) is 4.79 Å². The van der Waals surface area contributed by atoms with Crippen LogP contribution >= 0.6 is 0 Å². The summed E-state index contributed by atoms with van der Waals surface area (Å²) in [4.78, 5) is 25.6. The van der Waals surface area contributed by atoms with E-state index < -0.39 is 18.1 Å². The van der Waals surface area contributed by atoms with Crippen LogP contribution in [0.25, 0.3) is 0 Å². The zero-order valence-corrected chi connectivity index (χ0v) is 12.3. The Hall–Kier alpha value is -1.77. The number of carbonyl (C=O) groups excluding carboxylic acids is 2. The summed E-state index contributed by atoms with van der Waals surface area (Å²) in [7, 11) is 0. The Bertz CT molecular complexity index is 407. The van der Waals surface area contributed by atoms with Crippen molar-refractivity contribution in [1.82, 2.24) is 10.2 Å². The lowest BCUT2D eigenvalue weighted by Crippen LogP contribution is -2.40. The summed E-state index contributed by atoms with van der Waals surface area (Å²) < 4.78 is 5.38. The molecule has 0 aromatic carbocycles. The average Bonchev–Trinajstić information content (AvgIpc) is 3.02. The van der Waals surface area contributed by atoms with Gasteiger partial charge in [-0.25, -0.2) is 4.79 Å². The Labute approximate surface area is 125 Å². The van der Waals surface area contributed by atoms with Crippen LogP contribution in [0.5, 0.6) is 0 Å². The van der Waals surface area contributed by atoms with Gasteiger partial charge in [-0.15, -0.1) is 0 Å². The molecule has 2 rings (SSSR count). The van der Waals surface area contributed by atoms with Gasteiger partial charge in [0.25, 0.3) is 5.91 Å². The molecule has 116 valence electrons. The van der Waals surface area contributed by atoms with Crippen LogP contribution in [-0.4, -0.2) is 36.1 Å². The fourth-order valence-corrected chi connectivity index (χ4v) is 3.17. The highest BCUT2D eigenvalue weighted by atomic mass is 16.6. The van der Waals surface area contributed by atoms with E-state index in [1.165, 1.54) is 6.42 Å². The second-order valence-electron chi connectivity index (χ2n) is 5.91. The number of rotatable bonds is 4. The first-order chi connectivity index (χ1) is 10.2. The molecule has 0 bridgehead atoms. The maximum atomic E-state index is 12.0. The lowest BCUT2D eigenvalue weighted by atomic mass is 9.85. The summed E-state index contributed by atoms with van der Waals surface area (Å²) in [5.41, 5.74) is 0. The lowest BCUT2D eigenvalue weighted by molar-refractivity contribution is -0.129. The minimum absolute atomic E-state index is 0.402. The van der Waals surface area contributed by atoms with E-state index in [-0.39, 0.29) is 0 Å². The van der Waals surface area contributed by atoms with Crippen molar-refractivity contribution in [3.05, 3.63) is 0 Å². The average molecular weight is 293 g/mol. The molecule has 1 N–H and O–H groups in total. The van der Waals surface area contributed by atoms with E-state index in [9.17, 15) is 9.59 Å². The molecule has 0 spiro atoms. The van der Waals surface area contributed by atoms with Gasteiger partial charge in [-0.3, -0.25) is 10.1 Å². The van der Waals surface area contributed by atoms with Crippen LogP contribution in [-0.2, 0) is 9.53 Å². The van der Waals surface area contributed by atoms with Crippen molar-refractivity contribution in [3.8, 4) is 6.19 Å². The standard InChI is InChI=1S/C15H23N3O3/c16-11-17-14(19)13(10-12-6-2-1-3-7-12)21-15(20)18-8-4-5-9-18/h12-13H,1-10H2,(H,17,19)/t13-/m0/s1. The Morgan fingerprint density at radius 3 is 2.48 bits per heavy atom. The molecule has 21 heavy (non-hydrogen) atoms. The Morgan fingerprint density at radius 1 is 1.19 bits per heavy atom. The maximum absolute atomic E-state index is 12.0. The normalized spacial score (nSPS) is 20.6. The van der Waals surface area contributed by atoms with Gasteiger partial charge in [-0.1, -0.05) is 32.1 Å². The largest absolute Gasteiger partial charge is 0.436 e. The Kier molecular flexibility index (Phi) is 5.85. The van der Waals surface area contributed by atoms with Gasteiger partial charge >= 0.3 is 6.09 Å². The van der Waals surface area contributed by atoms with Crippen molar-refractivity contribution in [2.75, 3.05) is 13.1 Å². The number of ether oxygens (including phenoxy) is 1. The SMILES string of the molecule is N#CNC(=O)[C@H](CC1CCCCC1)OC(=O)N1CCCC1. The second-order valence-corrected chi connectivity index (χ2v) is 5.91. The molecule has 1 aliphatic heterocycles. The van der Waals surface area contributed by atoms with Gasteiger partial charge in [0.15, 0.2) is 12.3 Å². The van der Waals surface area contributed by atoms with Crippen molar-refractivity contribution in [1.29, 1.82) is 5.26 Å². The Morgan fingerprint density at radius 2 is 1.86 bits per heavy atom. The molecule has 1 atom stereocenters. The molecule has 1 saturated carbocycles. The smallest absolute Gasteiger partial charge is 0.410 e. The number of nitrogens with one attached hydrogen (secondary N) is 1. The first-order valence-corrected chi connectivity index (χ1v) is 7.85. The molecule has 6 nitrogen and oxygen atoms in total. The van der Waals surface area contributed by atoms with Gasteiger partial charge in [0.05, 0.1) is 0 Å². The number of nitriles is 1. The molecule has 1 saturated heterocycles. The van der Waals surface area contributed by atoms with Gasteiger partial charge in [0, 0.05) is 13.1 Å². The molecule has 0 aromatic heterocycles. The molecule has 0 radical (unpaired) electrons. The summed E-state index contributed by atoms with van der Waals surface area (Å²) in [6, 6.07) is 0. The predicted octanol–water partition coefficient (Wildman–Crippen LogP) is 2.16. The van der Waals surface area contributed by atoms with E-state index >= 15 is 0 Å². The van der Waals surface area contributed by atoms with Crippen molar-refractivity contribution in [2.45, 2.75) is 57.5 Å². The molecular weight excluding hydrogens is 270 g/mol. The van der Waals surface area contributed by atoms with Crippen molar-refractivity contribution >= 4 is 12.0 Å². The van der Waals surface area contributed by atoms with Crippen LogP contribution in [0.15, 0.2) is 0 Å². The van der Waals surface area contributed by atoms with Crippen LogP contribution in [0.2, 0.25) is 0 Å². The monoisotopic (exact) mass is 293 g/mol. The van der Waals surface area contributed by atoms with E-state index in [1.807, 2.05) is 0 Å². The van der Waals surface area contributed by atoms with Crippen LogP contribution < -0.4 is 5.32 Å². The van der Waals surface area contributed by atoms with Crippen molar-refractivity contribution in [3.63, 3.8) is 0 Å². The maximum Gasteiger partial charge on any atom is 0.410 e. The number of hydrogen-bond acceptors (Lipinski definition) is 4. The van der Waals surface area contributed by atoms with Gasteiger partial charge in [0.1, 0.15) is 0 Å². The number of likely N-dealkylation sites (tertiary alicyclic amines) is 1. The third-order valence-corrected chi connectivity index (χ3v) is 4.35. The van der Waals surface area contributed by atoms with Crippen molar-refractivity contribution in [2.24, 2.45) is 5.92 Å². The molecule has 0 aromatic rings. The number of nitrogens with zero attached hydrogens (tertiary/aromatic N) is 2. The van der Waals surface area contributed by atoms with Crippen molar-refractivity contribution < 1.29 is 14.3 Å². The minimum Gasteiger partial charge on any atom is -0.436 e. The summed E-state index contributed by atoms with van der Waals surface area (Å²) >= 11 is 0. The van der Waals surface area contributed by atoms with E-state index in [0.29, 0.717) is 25.4 Å². The highest BCUT2D eigenvalue weighted by Crippen LogP contribution is 2.28. The van der Waals surface area contributed by atoms with Crippen LogP contribution in [0.3, 0.4) is 0 Å². The summed E-state index contributed by atoms with van der Waals surface area (Å²) in [5, 5.41) is 10.7. The Balaban J connectivity index is 1.92. The number of carbonyl (C=O) groups is 2. The topological polar surface area (TPSA) is 82.4 Å². The fraction of sp³-hybridized carbons (Fsp3) is 0.800. The van der Waals surface area contributed by atoms with Crippen LogP contribution in [0.1, 0.15) is 51.4 Å². The fourth-order valence-electron chi connectivity index (χ4n) is 3.17. The highest BCUT2D eigenvalue weighted by Gasteiger charge is 2.30. The number of hydrogen-bond donors (Lipinski definition) is 1. The molecule has 1 heterocycles. The molecule has 1 aliphatic carbocycles. The highest BCUT2D eigenvalue weighted by molar-refractivity contribution is 5.84. The van der Waals surface area contributed by atoms with E-state index in [0.717, 1.165) is 38.5 Å². The zero-order valence-electron chi connectivity index (χ0n) is 12.3. The third-order valence-electron chi connectivity index (χ3n) is 4.35. The molecule has 2 fully saturated rings. The van der Waals surface area contributed by atoms with E-state index in [1.54, 1.807) is 11.1 Å². The van der Waals surface area contributed by atoms with Gasteiger partial charge < -0.3 is 9.64 Å². The predicted molar refractivity (Wildman–Crippen MR) is 76.0 cm³/mol. The molecule has 2 amide bonds. The quantitative estimate of drug-likeness (QED) is 0.636. The van der Waals surface area contributed by atoms with Gasteiger partial charge in [-0.2, -0.15) is 5.26 Å². The molecule has 0 unspecified atom stereocenters. The van der Waals surface area contributed by atoms with E-state index in [2.05, 4.69) is 5.32 Å². The van der Waals surface area contributed by atoms with Gasteiger partial charge in [-0.05, 0) is 25.2 Å². The zero-order chi connectivity index (χ0) is 15.1. The molecule has 6 heteroatoms. The molecular formula is C15H23N3O3. The summed E-state index contributed by atoms with van der Waals surface area (Å²) in [6.45, 7) is 1.38. The van der Waals surface area contributed by atoms with E-state index in [4.69, 9.17) is 10.00 Å². The summed E-state index contributed by atoms with van der Waals surface area (Å²) in [5.74, 6) is -0.102. The lowest BCUT2D eigenvalue weighted by Gasteiger charge is -2.26. The first kappa shape index (κ1) is 15.6. The first-order valence-electron chi connectivity index (χ1n) is 7.85. The van der Waals surface area contributed by atoms with Crippen LogP contribution in [0, 0.1) is 17.4 Å². The minimum atomic E-state index is -0.846.